The van der Waals surface area contributed by atoms with E-state index in [0.29, 0.717) is 22.4 Å². The zero-order valence-electron chi connectivity index (χ0n) is 16.1. The van der Waals surface area contributed by atoms with Crippen LogP contribution < -0.4 is 14.8 Å². The zero-order chi connectivity index (χ0) is 20.5. The van der Waals surface area contributed by atoms with E-state index in [2.05, 4.69) is 10.0 Å². The number of hydrogen-bond acceptors (Lipinski definition) is 6. The van der Waals surface area contributed by atoms with Crippen molar-refractivity contribution in [3.63, 3.8) is 0 Å². The molecule has 0 bridgehead atoms. The van der Waals surface area contributed by atoms with Crippen LogP contribution in [-0.2, 0) is 10.0 Å². The molecular weight excluding hydrogens is 380 g/mol. The molecule has 28 heavy (non-hydrogen) atoms. The maximum atomic E-state index is 12.9. The van der Waals surface area contributed by atoms with Crippen molar-refractivity contribution in [2.24, 2.45) is 0 Å². The van der Waals surface area contributed by atoms with E-state index >= 15 is 0 Å². The molecule has 2 aromatic carbocycles. The van der Waals surface area contributed by atoms with Gasteiger partial charge in [0.05, 0.1) is 6.26 Å². The van der Waals surface area contributed by atoms with Gasteiger partial charge < -0.3 is 14.5 Å². The number of para-hydroxylation sites is 1. The Morgan fingerprint density at radius 3 is 2.36 bits per heavy atom. The maximum absolute atomic E-state index is 12.9. The summed E-state index contributed by atoms with van der Waals surface area (Å²) in [5.41, 5.74) is 0.590. The molecule has 8 heteroatoms. The van der Waals surface area contributed by atoms with Crippen LogP contribution >= 0.6 is 0 Å². The molecule has 0 unspecified atom stereocenters. The third-order valence-electron chi connectivity index (χ3n) is 3.64. The van der Waals surface area contributed by atoms with Crippen LogP contribution in [0.2, 0.25) is 0 Å². The molecule has 0 fully saturated rings. The molecule has 7 nitrogen and oxygen atoms in total. The van der Waals surface area contributed by atoms with Gasteiger partial charge >= 0.3 is 5.97 Å². The largest absolute Gasteiger partial charge is 0.440 e. The maximum Gasteiger partial charge on any atom is 0.349 e. The van der Waals surface area contributed by atoms with Crippen LogP contribution in [0.25, 0.3) is 11.0 Å². The van der Waals surface area contributed by atoms with E-state index < -0.39 is 16.0 Å². The average Bonchev–Trinajstić information content (AvgIpc) is 2.89. The summed E-state index contributed by atoms with van der Waals surface area (Å²) >= 11 is 0. The number of furan rings is 1. The minimum absolute atomic E-state index is 0.200. The summed E-state index contributed by atoms with van der Waals surface area (Å²) in [6.07, 6.45) is 1.06. The number of anilines is 2. The Morgan fingerprint density at radius 1 is 1.07 bits per heavy atom. The lowest BCUT2D eigenvalue weighted by Crippen LogP contribution is -2.27. The van der Waals surface area contributed by atoms with E-state index in [1.54, 1.807) is 42.5 Å². The van der Waals surface area contributed by atoms with E-state index in [1.165, 1.54) is 0 Å². The van der Waals surface area contributed by atoms with Gasteiger partial charge in [-0.3, -0.25) is 4.72 Å². The number of ether oxygens (including phenoxy) is 1. The fraction of sp³-hybridized carbons (Fsp3) is 0.250. The van der Waals surface area contributed by atoms with Crippen LogP contribution in [-0.4, -0.2) is 26.2 Å². The van der Waals surface area contributed by atoms with E-state index in [0.717, 1.165) is 6.26 Å². The molecule has 2 N–H and O–H groups in total. The van der Waals surface area contributed by atoms with Crippen molar-refractivity contribution in [2.75, 3.05) is 16.3 Å². The molecule has 1 aromatic heterocycles. The Balaban J connectivity index is 2.10. The highest BCUT2D eigenvalue weighted by atomic mass is 32.2. The number of sulfonamides is 1. The van der Waals surface area contributed by atoms with Gasteiger partial charge in [0.1, 0.15) is 16.9 Å². The van der Waals surface area contributed by atoms with E-state index in [9.17, 15) is 13.2 Å². The number of benzene rings is 2. The minimum Gasteiger partial charge on any atom is -0.440 e. The highest BCUT2D eigenvalue weighted by molar-refractivity contribution is 7.92. The Bertz CT molecular complexity index is 1110. The molecule has 0 aliphatic rings. The summed E-state index contributed by atoms with van der Waals surface area (Å²) in [5.74, 6) is 0.0575. The van der Waals surface area contributed by atoms with E-state index in [-0.39, 0.29) is 17.0 Å². The summed E-state index contributed by atoms with van der Waals surface area (Å²) in [4.78, 5) is 12.9. The summed E-state index contributed by atoms with van der Waals surface area (Å²) in [6.45, 7) is 5.80. The van der Waals surface area contributed by atoms with Gasteiger partial charge in [-0.05, 0) is 51.1 Å². The van der Waals surface area contributed by atoms with E-state index in [1.807, 2.05) is 26.8 Å². The molecule has 0 spiro atoms. The van der Waals surface area contributed by atoms with Crippen LogP contribution in [0, 0.1) is 0 Å². The zero-order valence-corrected chi connectivity index (χ0v) is 16.9. The first-order chi connectivity index (χ1) is 13.0. The smallest absolute Gasteiger partial charge is 0.349 e. The first kappa shape index (κ1) is 19.8. The van der Waals surface area contributed by atoms with Crippen LogP contribution in [0.3, 0.4) is 0 Å². The summed E-state index contributed by atoms with van der Waals surface area (Å²) in [6, 6.07) is 13.4. The Morgan fingerprint density at radius 2 is 1.75 bits per heavy atom. The van der Waals surface area contributed by atoms with Crippen molar-refractivity contribution in [1.29, 1.82) is 0 Å². The number of carbonyl (C=O) groups excluding carboxylic acids is 1. The second-order valence-corrected chi connectivity index (χ2v) is 9.22. The summed E-state index contributed by atoms with van der Waals surface area (Å²) in [5, 5.41) is 3.61. The quantitative estimate of drug-likeness (QED) is 0.489. The molecule has 0 aliphatic heterocycles. The summed E-state index contributed by atoms with van der Waals surface area (Å²) in [7, 11) is -3.46. The standard InChI is InChI=1S/C20H22N2O5S/c1-20(2,3)21-18-17(19(23)26-14-8-6-5-7-9-14)15-12-13(22-28(4,24)25)10-11-16(15)27-18/h5-12,21-22H,1-4H3. The van der Waals surface area contributed by atoms with Crippen LogP contribution in [0.15, 0.2) is 52.9 Å². The van der Waals surface area contributed by atoms with Crippen molar-refractivity contribution < 1.29 is 22.4 Å². The van der Waals surface area contributed by atoms with Crippen molar-refractivity contribution in [3.8, 4) is 5.75 Å². The summed E-state index contributed by atoms with van der Waals surface area (Å²) < 4.78 is 36.8. The highest BCUT2D eigenvalue weighted by Gasteiger charge is 2.26. The van der Waals surface area contributed by atoms with Gasteiger partial charge in [0.25, 0.3) is 0 Å². The topological polar surface area (TPSA) is 97.6 Å². The second-order valence-electron chi connectivity index (χ2n) is 7.47. The molecule has 148 valence electrons. The molecule has 0 aliphatic carbocycles. The van der Waals surface area contributed by atoms with E-state index in [4.69, 9.17) is 9.15 Å². The number of hydrogen-bond donors (Lipinski definition) is 2. The molecule has 3 aromatic rings. The van der Waals surface area contributed by atoms with Gasteiger partial charge in [0, 0.05) is 16.6 Å². The third-order valence-corrected chi connectivity index (χ3v) is 4.24. The molecular formula is C20H22N2O5S. The van der Waals surface area contributed by atoms with Gasteiger partial charge in [-0.25, -0.2) is 13.2 Å². The average molecular weight is 402 g/mol. The number of nitrogens with one attached hydrogen (secondary N) is 2. The monoisotopic (exact) mass is 402 g/mol. The number of fused-ring (bicyclic) bond motifs is 1. The minimum atomic E-state index is -3.46. The van der Waals surface area contributed by atoms with Crippen LogP contribution in [0.5, 0.6) is 5.75 Å². The highest BCUT2D eigenvalue weighted by Crippen LogP contribution is 2.34. The molecule has 3 rings (SSSR count). The normalized spacial score (nSPS) is 12.0. The number of esters is 1. The van der Waals surface area contributed by atoms with Crippen molar-refractivity contribution in [3.05, 3.63) is 54.1 Å². The van der Waals surface area contributed by atoms with Crippen molar-refractivity contribution in [1.82, 2.24) is 0 Å². The molecule has 1 heterocycles. The number of rotatable bonds is 5. The first-order valence-corrected chi connectivity index (χ1v) is 10.5. The third kappa shape index (κ3) is 4.83. The second kappa shape index (κ2) is 7.20. The Labute approximate surface area is 163 Å². The lowest BCUT2D eigenvalue weighted by Gasteiger charge is -2.20. The fourth-order valence-electron chi connectivity index (χ4n) is 2.65. The van der Waals surface area contributed by atoms with Crippen molar-refractivity contribution in [2.45, 2.75) is 26.3 Å². The van der Waals surface area contributed by atoms with Gasteiger partial charge in [0.2, 0.25) is 15.9 Å². The Hall–Kier alpha value is -3.00. The lowest BCUT2D eigenvalue weighted by molar-refractivity contribution is 0.0737. The fourth-order valence-corrected chi connectivity index (χ4v) is 3.21. The predicted octanol–water partition coefficient (Wildman–Crippen LogP) is 4.23. The molecule has 0 amide bonds. The lowest BCUT2D eigenvalue weighted by atomic mass is 10.1. The predicted molar refractivity (Wildman–Crippen MR) is 109 cm³/mol. The SMILES string of the molecule is CC(C)(C)Nc1oc2ccc(NS(C)(=O)=O)cc2c1C(=O)Oc1ccccc1. The van der Waals surface area contributed by atoms with Crippen LogP contribution in [0.4, 0.5) is 11.6 Å². The molecule has 0 saturated carbocycles. The van der Waals surface area contributed by atoms with Gasteiger partial charge in [-0.2, -0.15) is 0 Å². The van der Waals surface area contributed by atoms with Gasteiger partial charge in [-0.15, -0.1) is 0 Å². The van der Waals surface area contributed by atoms with Crippen molar-refractivity contribution >= 4 is 38.5 Å². The molecule has 0 saturated heterocycles. The number of carbonyl (C=O) groups is 1. The molecule has 0 atom stereocenters. The first-order valence-electron chi connectivity index (χ1n) is 8.62. The van der Waals surface area contributed by atoms with Crippen LogP contribution in [0.1, 0.15) is 31.1 Å². The molecule has 0 radical (unpaired) electrons. The Kier molecular flexibility index (Phi) is 5.08. The van der Waals surface area contributed by atoms with Gasteiger partial charge in [-0.1, -0.05) is 18.2 Å². The van der Waals surface area contributed by atoms with Gasteiger partial charge in [0.15, 0.2) is 0 Å².